The Kier molecular flexibility index (Phi) is 6.87. The van der Waals surface area contributed by atoms with Gasteiger partial charge in [0, 0.05) is 22.3 Å². The normalized spacial score (nSPS) is 13.9. The molecule has 0 heterocycles. The highest BCUT2D eigenvalue weighted by Gasteiger charge is 2.32. The minimum atomic E-state index is -4.66. The van der Waals surface area contributed by atoms with E-state index in [-0.39, 0.29) is 22.3 Å². The summed E-state index contributed by atoms with van der Waals surface area (Å²) in [5, 5.41) is 19.0. The van der Waals surface area contributed by atoms with Crippen molar-refractivity contribution in [2.45, 2.75) is 26.2 Å². The van der Waals surface area contributed by atoms with Gasteiger partial charge in [0.05, 0.1) is 11.1 Å². The highest BCUT2D eigenvalue weighted by molar-refractivity contribution is 6.18. The molecule has 0 amide bonds. The number of hydrogen-bond donors (Lipinski definition) is 2. The number of carboxylic acid groups (broad SMARTS) is 2. The Morgan fingerprint density at radius 1 is 0.594 bits per heavy atom. The number of allylic oxidation sites excluding steroid dienone is 2. The smallest absolute Gasteiger partial charge is 0.416 e. The van der Waals surface area contributed by atoms with E-state index in [0.717, 1.165) is 38.1 Å². The van der Waals surface area contributed by atoms with Gasteiger partial charge in [-0.25, -0.2) is 9.59 Å². The van der Waals surface area contributed by atoms with Crippen LogP contribution >= 0.6 is 0 Å². The summed E-state index contributed by atoms with van der Waals surface area (Å²) in [4.78, 5) is 23.4. The molecule has 0 unspecified atom stereocenters. The van der Waals surface area contributed by atoms with Gasteiger partial charge in [-0.2, -0.15) is 26.3 Å². The molecule has 2 aromatic rings. The number of carboxylic acids is 2. The van der Waals surface area contributed by atoms with Crippen LogP contribution in [0.1, 0.15) is 36.1 Å². The summed E-state index contributed by atoms with van der Waals surface area (Å²) >= 11 is 0. The molecule has 0 spiro atoms. The van der Waals surface area contributed by atoms with Crippen molar-refractivity contribution >= 4 is 23.1 Å². The van der Waals surface area contributed by atoms with E-state index in [9.17, 15) is 46.1 Å². The molecule has 170 valence electrons. The maximum Gasteiger partial charge on any atom is 0.416 e. The zero-order valence-corrected chi connectivity index (χ0v) is 16.6. The maximum atomic E-state index is 12.9. The lowest BCUT2D eigenvalue weighted by Crippen LogP contribution is -2.09. The highest BCUT2D eigenvalue weighted by Crippen LogP contribution is 2.39. The third-order valence-corrected chi connectivity index (χ3v) is 4.64. The van der Waals surface area contributed by atoms with Gasteiger partial charge in [0.2, 0.25) is 0 Å². The van der Waals surface area contributed by atoms with Crippen LogP contribution in [0, 0.1) is 0 Å². The standard InChI is InChI=1S/C22H16F6O4/c1-11(19(29)30)17(13-3-7-15(8-4-13)21(23,24)25)18(12(2)20(31)32)14-5-9-16(10-6-14)22(26,27)28/h3-10H,1-2H3,(H,29,30)(H,31,32)/b17-11+,18-12+. The average molecular weight is 458 g/mol. The van der Waals surface area contributed by atoms with Gasteiger partial charge < -0.3 is 10.2 Å². The van der Waals surface area contributed by atoms with Crippen LogP contribution in [0.15, 0.2) is 59.7 Å². The molecule has 0 radical (unpaired) electrons. The molecular weight excluding hydrogens is 442 g/mol. The van der Waals surface area contributed by atoms with Gasteiger partial charge in [-0.3, -0.25) is 0 Å². The Labute approximate surface area is 178 Å². The third-order valence-electron chi connectivity index (χ3n) is 4.64. The molecule has 0 atom stereocenters. The first-order valence-corrected chi connectivity index (χ1v) is 8.88. The molecule has 0 aliphatic rings. The Morgan fingerprint density at radius 2 is 0.844 bits per heavy atom. The Bertz CT molecular complexity index is 1000. The average Bonchev–Trinajstić information content (AvgIpc) is 2.69. The predicted octanol–water partition coefficient (Wildman–Crippen LogP) is 6.14. The van der Waals surface area contributed by atoms with Crippen molar-refractivity contribution in [2.75, 3.05) is 0 Å². The number of hydrogen-bond acceptors (Lipinski definition) is 2. The van der Waals surface area contributed by atoms with Crippen molar-refractivity contribution in [2.24, 2.45) is 0 Å². The largest absolute Gasteiger partial charge is 0.478 e. The fourth-order valence-corrected chi connectivity index (χ4v) is 2.96. The number of aliphatic carboxylic acids is 2. The molecule has 0 aliphatic heterocycles. The van der Waals surface area contributed by atoms with Gasteiger partial charge in [-0.15, -0.1) is 0 Å². The van der Waals surface area contributed by atoms with Crippen LogP contribution in [-0.2, 0) is 21.9 Å². The minimum Gasteiger partial charge on any atom is -0.478 e. The predicted molar refractivity (Wildman–Crippen MR) is 103 cm³/mol. The zero-order valence-electron chi connectivity index (χ0n) is 16.6. The van der Waals surface area contributed by atoms with E-state index in [2.05, 4.69) is 0 Å². The van der Waals surface area contributed by atoms with Gasteiger partial charge in [-0.05, 0) is 49.2 Å². The monoisotopic (exact) mass is 458 g/mol. The summed E-state index contributed by atoms with van der Waals surface area (Å²) in [6.07, 6.45) is -9.32. The van der Waals surface area contributed by atoms with Crippen molar-refractivity contribution in [1.29, 1.82) is 0 Å². The first kappa shape index (κ1) is 24.7. The van der Waals surface area contributed by atoms with E-state index in [4.69, 9.17) is 0 Å². The molecule has 0 aliphatic carbocycles. The lowest BCUT2D eigenvalue weighted by Gasteiger charge is -2.19. The molecule has 2 N–H and O–H groups in total. The Hall–Kier alpha value is -3.56. The van der Waals surface area contributed by atoms with Crippen LogP contribution in [-0.4, -0.2) is 22.2 Å². The van der Waals surface area contributed by atoms with Gasteiger partial charge in [-0.1, -0.05) is 24.3 Å². The number of carbonyl (C=O) groups is 2. The molecule has 0 aromatic heterocycles. The number of halogens is 6. The van der Waals surface area contributed by atoms with Crippen molar-refractivity contribution in [3.8, 4) is 0 Å². The molecule has 2 aromatic carbocycles. The lowest BCUT2D eigenvalue weighted by atomic mass is 9.85. The SMILES string of the molecule is C/C(C(=O)O)=C(\C(=C(/C)C(=O)O)c1ccc(C(F)(F)F)cc1)c1ccc(C(F)(F)F)cc1. The summed E-state index contributed by atoms with van der Waals surface area (Å²) < 4.78 is 77.5. The Balaban J connectivity index is 2.82. The summed E-state index contributed by atoms with van der Waals surface area (Å²) in [6.45, 7) is 2.24. The number of alkyl halides is 6. The quantitative estimate of drug-likeness (QED) is 0.321. The van der Waals surface area contributed by atoms with Crippen LogP contribution in [0.3, 0.4) is 0 Å². The minimum absolute atomic E-state index is 0.0478. The van der Waals surface area contributed by atoms with Crippen molar-refractivity contribution in [3.63, 3.8) is 0 Å². The van der Waals surface area contributed by atoms with E-state index in [1.807, 2.05) is 0 Å². The van der Waals surface area contributed by atoms with Gasteiger partial charge in [0.1, 0.15) is 0 Å². The molecule has 10 heteroatoms. The van der Waals surface area contributed by atoms with Crippen LogP contribution in [0.2, 0.25) is 0 Å². The van der Waals surface area contributed by atoms with E-state index < -0.39 is 46.6 Å². The van der Waals surface area contributed by atoms with Gasteiger partial charge >= 0.3 is 24.3 Å². The molecule has 32 heavy (non-hydrogen) atoms. The first-order chi connectivity index (χ1) is 14.6. The molecule has 4 nitrogen and oxygen atoms in total. The molecule has 0 bridgehead atoms. The van der Waals surface area contributed by atoms with Crippen molar-refractivity contribution in [3.05, 3.63) is 81.9 Å². The van der Waals surface area contributed by atoms with Crippen molar-refractivity contribution in [1.82, 2.24) is 0 Å². The number of benzene rings is 2. The summed E-state index contributed by atoms with van der Waals surface area (Å²) in [5.41, 5.74) is -3.38. The number of rotatable bonds is 5. The lowest BCUT2D eigenvalue weighted by molar-refractivity contribution is -0.138. The molecule has 2 rings (SSSR count). The van der Waals surface area contributed by atoms with E-state index in [0.29, 0.717) is 24.3 Å². The van der Waals surface area contributed by atoms with Crippen LogP contribution in [0.4, 0.5) is 26.3 Å². The van der Waals surface area contributed by atoms with Crippen LogP contribution in [0.25, 0.3) is 11.1 Å². The zero-order chi connectivity index (χ0) is 24.4. The summed E-state index contributed by atoms with van der Waals surface area (Å²) in [5.74, 6) is -2.97. The second-order valence-electron chi connectivity index (χ2n) is 6.76. The fourth-order valence-electron chi connectivity index (χ4n) is 2.96. The molecule has 0 saturated carbocycles. The highest BCUT2D eigenvalue weighted by atomic mass is 19.4. The first-order valence-electron chi connectivity index (χ1n) is 8.88. The van der Waals surface area contributed by atoms with Gasteiger partial charge in [0.15, 0.2) is 0 Å². The maximum absolute atomic E-state index is 12.9. The third kappa shape index (κ3) is 5.37. The van der Waals surface area contributed by atoms with E-state index in [1.54, 1.807) is 0 Å². The molecule has 0 fully saturated rings. The topological polar surface area (TPSA) is 74.6 Å². The second-order valence-corrected chi connectivity index (χ2v) is 6.76. The van der Waals surface area contributed by atoms with Crippen LogP contribution < -0.4 is 0 Å². The summed E-state index contributed by atoms with van der Waals surface area (Å²) in [7, 11) is 0. The summed E-state index contributed by atoms with van der Waals surface area (Å²) in [6, 6.07) is 6.70. The second kappa shape index (κ2) is 8.89. The van der Waals surface area contributed by atoms with Crippen molar-refractivity contribution < 1.29 is 46.1 Å². The van der Waals surface area contributed by atoms with Crippen LogP contribution in [0.5, 0.6) is 0 Å². The van der Waals surface area contributed by atoms with E-state index in [1.165, 1.54) is 0 Å². The molecular formula is C22H16F6O4. The molecule has 0 saturated heterocycles. The Morgan fingerprint density at radius 3 is 1.03 bits per heavy atom. The fraction of sp³-hybridized carbons (Fsp3) is 0.182. The van der Waals surface area contributed by atoms with Gasteiger partial charge in [0.25, 0.3) is 0 Å². The van der Waals surface area contributed by atoms with E-state index >= 15 is 0 Å².